The predicted octanol–water partition coefficient (Wildman–Crippen LogP) is 4.52. The van der Waals surface area contributed by atoms with Crippen molar-refractivity contribution in [2.75, 3.05) is 12.0 Å². The average Bonchev–Trinajstić information content (AvgIpc) is 3.09. The molecule has 0 aliphatic carbocycles. The molecule has 0 radical (unpaired) electrons. The van der Waals surface area contributed by atoms with E-state index in [0.29, 0.717) is 11.3 Å². The fourth-order valence-electron chi connectivity index (χ4n) is 4.74. The molecule has 0 unspecified atom stereocenters. The first-order chi connectivity index (χ1) is 14.6. The number of fused-ring (bicyclic) bond motifs is 5. The highest BCUT2D eigenvalue weighted by Crippen LogP contribution is 2.52. The molecular weight excluding hydrogens is 376 g/mol. The van der Waals surface area contributed by atoms with Gasteiger partial charge in [-0.1, -0.05) is 43.3 Å². The molecule has 0 spiro atoms. The summed E-state index contributed by atoms with van der Waals surface area (Å²) in [5.74, 6) is 0.543. The van der Waals surface area contributed by atoms with Crippen LogP contribution in [0.2, 0.25) is 0 Å². The van der Waals surface area contributed by atoms with Crippen molar-refractivity contribution in [1.82, 2.24) is 5.32 Å². The number of nitrogens with zero attached hydrogens (tertiary/aromatic N) is 1. The molecule has 1 N–H and O–H groups in total. The van der Waals surface area contributed by atoms with Gasteiger partial charge < -0.3 is 15.0 Å². The van der Waals surface area contributed by atoms with Crippen LogP contribution in [-0.2, 0) is 0 Å². The van der Waals surface area contributed by atoms with Crippen LogP contribution >= 0.6 is 0 Å². The largest absolute Gasteiger partial charge is 0.497 e. The van der Waals surface area contributed by atoms with Crippen LogP contribution in [0.3, 0.4) is 0 Å². The number of hydrogen-bond donors (Lipinski definition) is 1. The van der Waals surface area contributed by atoms with Crippen LogP contribution in [0.4, 0.5) is 5.69 Å². The smallest absolute Gasteiger partial charge is 0.259 e. The molecule has 2 heterocycles. The van der Waals surface area contributed by atoms with E-state index in [1.54, 1.807) is 19.2 Å². The lowest BCUT2D eigenvalue weighted by atomic mass is 9.80. The zero-order valence-electron chi connectivity index (χ0n) is 16.8. The van der Waals surface area contributed by atoms with E-state index in [0.717, 1.165) is 22.4 Å². The van der Waals surface area contributed by atoms with Crippen molar-refractivity contribution in [2.24, 2.45) is 5.92 Å². The van der Waals surface area contributed by atoms with Crippen molar-refractivity contribution >= 4 is 17.5 Å². The summed E-state index contributed by atoms with van der Waals surface area (Å²) in [5, 5.41) is 3.22. The molecule has 0 saturated heterocycles. The van der Waals surface area contributed by atoms with Crippen molar-refractivity contribution in [3.63, 3.8) is 0 Å². The number of anilines is 1. The van der Waals surface area contributed by atoms with Crippen LogP contribution in [0.15, 0.2) is 72.8 Å². The van der Waals surface area contributed by atoms with Gasteiger partial charge in [-0.25, -0.2) is 0 Å². The molecule has 3 atom stereocenters. The number of rotatable bonds is 3. The number of carbonyl (C=O) groups is 2. The Balaban J connectivity index is 1.63. The lowest BCUT2D eigenvalue weighted by molar-refractivity contribution is 0.0911. The van der Waals surface area contributed by atoms with Gasteiger partial charge in [-0.05, 0) is 42.0 Å². The van der Waals surface area contributed by atoms with E-state index in [1.165, 1.54) is 0 Å². The van der Waals surface area contributed by atoms with E-state index in [1.807, 2.05) is 65.6 Å². The maximum atomic E-state index is 13.3. The first kappa shape index (κ1) is 18.4. The minimum absolute atomic E-state index is 0.00158. The van der Waals surface area contributed by atoms with E-state index in [9.17, 15) is 9.59 Å². The van der Waals surface area contributed by atoms with E-state index in [-0.39, 0.29) is 29.8 Å². The van der Waals surface area contributed by atoms with Crippen LogP contribution in [-0.4, -0.2) is 18.9 Å². The third-order valence-corrected chi connectivity index (χ3v) is 6.18. The second kappa shape index (κ2) is 7.02. The van der Waals surface area contributed by atoms with E-state index in [4.69, 9.17) is 4.74 Å². The average molecular weight is 398 g/mol. The van der Waals surface area contributed by atoms with E-state index < -0.39 is 0 Å². The van der Waals surface area contributed by atoms with Crippen molar-refractivity contribution in [1.29, 1.82) is 0 Å². The molecule has 3 aromatic rings. The third kappa shape index (κ3) is 2.70. The Morgan fingerprint density at radius 2 is 1.70 bits per heavy atom. The lowest BCUT2D eigenvalue weighted by Gasteiger charge is -2.42. The molecule has 150 valence electrons. The zero-order valence-corrected chi connectivity index (χ0v) is 16.8. The number of amides is 2. The minimum atomic E-state index is -0.261. The zero-order chi connectivity index (χ0) is 20.8. The van der Waals surface area contributed by atoms with Gasteiger partial charge in [-0.2, -0.15) is 0 Å². The maximum Gasteiger partial charge on any atom is 0.259 e. The minimum Gasteiger partial charge on any atom is -0.497 e. The molecule has 5 nitrogen and oxygen atoms in total. The van der Waals surface area contributed by atoms with Gasteiger partial charge in [0.25, 0.3) is 11.8 Å². The monoisotopic (exact) mass is 398 g/mol. The van der Waals surface area contributed by atoms with Gasteiger partial charge in [0.1, 0.15) is 5.75 Å². The SMILES string of the molecule is COc1ccc2c(c1)[C@H](NC(=O)c1ccccc1)[C@@H](C)[C@H]1c3ccccc3C(=O)N21. The summed E-state index contributed by atoms with van der Waals surface area (Å²) in [6.07, 6.45) is 0. The van der Waals surface area contributed by atoms with E-state index in [2.05, 4.69) is 12.2 Å². The van der Waals surface area contributed by atoms with Crippen molar-refractivity contribution in [3.05, 3.63) is 95.1 Å². The Labute approximate surface area is 175 Å². The van der Waals surface area contributed by atoms with Crippen LogP contribution in [0.1, 0.15) is 50.9 Å². The highest BCUT2D eigenvalue weighted by Gasteiger charge is 2.48. The Kier molecular flexibility index (Phi) is 4.31. The highest BCUT2D eigenvalue weighted by molar-refractivity contribution is 6.12. The molecule has 0 aromatic heterocycles. The molecular formula is C25H22N2O3. The second-order valence-corrected chi connectivity index (χ2v) is 7.81. The number of hydrogen-bond acceptors (Lipinski definition) is 3. The topological polar surface area (TPSA) is 58.6 Å². The fourth-order valence-corrected chi connectivity index (χ4v) is 4.74. The molecule has 5 rings (SSSR count). The van der Waals surface area contributed by atoms with Crippen LogP contribution in [0.25, 0.3) is 0 Å². The van der Waals surface area contributed by atoms with Gasteiger partial charge in [0.05, 0.1) is 24.9 Å². The van der Waals surface area contributed by atoms with Gasteiger partial charge >= 0.3 is 0 Å². The molecule has 0 bridgehead atoms. The summed E-state index contributed by atoms with van der Waals surface area (Å²) < 4.78 is 5.44. The van der Waals surface area contributed by atoms with Gasteiger partial charge in [-0.3, -0.25) is 9.59 Å². The molecule has 2 aliphatic rings. The summed E-state index contributed by atoms with van der Waals surface area (Å²) in [7, 11) is 1.62. The Morgan fingerprint density at radius 3 is 2.47 bits per heavy atom. The summed E-state index contributed by atoms with van der Waals surface area (Å²) in [6, 6.07) is 22.2. The summed E-state index contributed by atoms with van der Waals surface area (Å²) in [6.45, 7) is 2.09. The molecule has 2 aliphatic heterocycles. The van der Waals surface area contributed by atoms with Gasteiger partial charge in [0.2, 0.25) is 0 Å². The summed E-state index contributed by atoms with van der Waals surface area (Å²) >= 11 is 0. The quantitative estimate of drug-likeness (QED) is 0.706. The van der Waals surface area contributed by atoms with Gasteiger partial charge in [-0.15, -0.1) is 0 Å². The molecule has 0 fully saturated rings. The van der Waals surface area contributed by atoms with Crippen LogP contribution in [0, 0.1) is 5.92 Å². The van der Waals surface area contributed by atoms with Crippen molar-refractivity contribution in [2.45, 2.75) is 19.0 Å². The predicted molar refractivity (Wildman–Crippen MR) is 115 cm³/mol. The Morgan fingerprint density at radius 1 is 0.967 bits per heavy atom. The maximum absolute atomic E-state index is 13.3. The number of carbonyl (C=O) groups excluding carboxylic acids is 2. The van der Waals surface area contributed by atoms with Crippen LogP contribution in [0.5, 0.6) is 5.75 Å². The Hall–Kier alpha value is -3.60. The molecule has 5 heteroatoms. The van der Waals surface area contributed by atoms with Gasteiger partial charge in [0, 0.05) is 22.6 Å². The van der Waals surface area contributed by atoms with Crippen molar-refractivity contribution < 1.29 is 14.3 Å². The normalized spacial score (nSPS) is 21.5. The standard InChI is InChI=1S/C25H22N2O3/c1-15-22(26-24(28)16-8-4-3-5-9-16)20-14-17(30-2)12-13-21(20)27-23(15)18-10-6-7-11-19(18)25(27)29/h3-15,22-23H,1-2H3,(H,26,28)/t15-,22-,23+/m1/s1. The fraction of sp³-hybridized carbons (Fsp3) is 0.200. The van der Waals surface area contributed by atoms with E-state index >= 15 is 0 Å². The number of nitrogens with one attached hydrogen (secondary N) is 1. The van der Waals surface area contributed by atoms with Gasteiger partial charge in [0.15, 0.2) is 0 Å². The first-order valence-corrected chi connectivity index (χ1v) is 10.1. The summed E-state index contributed by atoms with van der Waals surface area (Å²) in [4.78, 5) is 28.1. The molecule has 30 heavy (non-hydrogen) atoms. The molecule has 2 amide bonds. The number of benzene rings is 3. The third-order valence-electron chi connectivity index (χ3n) is 6.18. The highest BCUT2D eigenvalue weighted by atomic mass is 16.5. The second-order valence-electron chi connectivity index (χ2n) is 7.81. The molecule has 3 aromatic carbocycles. The lowest BCUT2D eigenvalue weighted by Crippen LogP contribution is -2.44. The number of ether oxygens (including phenoxy) is 1. The Bertz CT molecular complexity index is 1140. The number of methoxy groups -OCH3 is 1. The summed E-state index contributed by atoms with van der Waals surface area (Å²) in [5.41, 5.74) is 4.06. The first-order valence-electron chi connectivity index (χ1n) is 10.1. The van der Waals surface area contributed by atoms with Crippen LogP contribution < -0.4 is 15.0 Å². The molecule has 0 saturated carbocycles. The van der Waals surface area contributed by atoms with Crippen molar-refractivity contribution in [3.8, 4) is 5.75 Å².